The summed E-state index contributed by atoms with van der Waals surface area (Å²) < 4.78 is 4.98. The summed E-state index contributed by atoms with van der Waals surface area (Å²) in [6.07, 6.45) is 0. The number of amides is 1. The van der Waals surface area contributed by atoms with Gasteiger partial charge in [0.2, 0.25) is 5.91 Å². The van der Waals surface area contributed by atoms with Crippen LogP contribution in [0, 0.1) is 0 Å². The Morgan fingerprint density at radius 3 is 2.68 bits per heavy atom. The lowest BCUT2D eigenvalue weighted by Gasteiger charge is -2.21. The number of anilines is 2. The van der Waals surface area contributed by atoms with E-state index in [0.29, 0.717) is 16.9 Å². The van der Waals surface area contributed by atoms with Crippen molar-refractivity contribution in [3.63, 3.8) is 0 Å². The SMILES string of the molecule is CCOC(=O)c1cc(N)ccc1N(C)CC(=O)NC. The summed E-state index contributed by atoms with van der Waals surface area (Å²) in [4.78, 5) is 24.9. The number of likely N-dealkylation sites (N-methyl/N-ethyl adjacent to an activating group) is 2. The highest BCUT2D eigenvalue weighted by molar-refractivity contribution is 5.97. The second kappa shape index (κ2) is 6.63. The van der Waals surface area contributed by atoms with Crippen molar-refractivity contribution < 1.29 is 14.3 Å². The summed E-state index contributed by atoms with van der Waals surface area (Å²) in [6, 6.07) is 4.93. The Bertz CT molecular complexity index is 474. The number of nitrogens with two attached hydrogens (primary N) is 1. The van der Waals surface area contributed by atoms with E-state index in [1.165, 1.54) is 0 Å². The molecular formula is C13H19N3O3. The minimum absolute atomic E-state index is 0.144. The molecule has 0 spiro atoms. The van der Waals surface area contributed by atoms with E-state index in [1.54, 1.807) is 44.1 Å². The Morgan fingerprint density at radius 2 is 2.11 bits per heavy atom. The van der Waals surface area contributed by atoms with E-state index < -0.39 is 5.97 Å². The first-order valence-electron chi connectivity index (χ1n) is 5.98. The summed E-state index contributed by atoms with van der Waals surface area (Å²) in [5, 5.41) is 2.53. The van der Waals surface area contributed by atoms with Gasteiger partial charge in [0.15, 0.2) is 0 Å². The number of carbonyl (C=O) groups is 2. The Kier molecular flexibility index (Phi) is 5.17. The van der Waals surface area contributed by atoms with Gasteiger partial charge in [-0.2, -0.15) is 0 Å². The summed E-state index contributed by atoms with van der Waals surface area (Å²) in [5.74, 6) is -0.595. The van der Waals surface area contributed by atoms with Crippen LogP contribution in [0.5, 0.6) is 0 Å². The fourth-order valence-corrected chi connectivity index (χ4v) is 1.64. The van der Waals surface area contributed by atoms with Crippen LogP contribution >= 0.6 is 0 Å². The number of hydrogen-bond acceptors (Lipinski definition) is 5. The molecule has 1 aromatic carbocycles. The van der Waals surface area contributed by atoms with E-state index in [1.807, 2.05) is 0 Å². The topological polar surface area (TPSA) is 84.7 Å². The van der Waals surface area contributed by atoms with Crippen molar-refractivity contribution in [2.45, 2.75) is 6.92 Å². The van der Waals surface area contributed by atoms with E-state index in [2.05, 4.69) is 5.32 Å². The van der Waals surface area contributed by atoms with E-state index in [9.17, 15) is 9.59 Å². The molecule has 6 heteroatoms. The number of nitrogen functional groups attached to an aromatic ring is 1. The van der Waals surface area contributed by atoms with Gasteiger partial charge >= 0.3 is 5.97 Å². The highest BCUT2D eigenvalue weighted by Crippen LogP contribution is 2.23. The number of hydrogen-bond donors (Lipinski definition) is 2. The molecule has 3 N–H and O–H groups in total. The van der Waals surface area contributed by atoms with Crippen molar-refractivity contribution in [3.05, 3.63) is 23.8 Å². The van der Waals surface area contributed by atoms with Crippen LogP contribution in [0.25, 0.3) is 0 Å². The van der Waals surface area contributed by atoms with E-state index >= 15 is 0 Å². The Labute approximate surface area is 112 Å². The molecule has 0 radical (unpaired) electrons. The number of carbonyl (C=O) groups excluding carboxylic acids is 2. The van der Waals surface area contributed by atoms with Gasteiger partial charge in [0.05, 0.1) is 24.4 Å². The van der Waals surface area contributed by atoms with Gasteiger partial charge in [0.1, 0.15) is 0 Å². The van der Waals surface area contributed by atoms with Crippen molar-refractivity contribution in [2.24, 2.45) is 0 Å². The van der Waals surface area contributed by atoms with E-state index in [4.69, 9.17) is 10.5 Å². The molecule has 19 heavy (non-hydrogen) atoms. The smallest absolute Gasteiger partial charge is 0.340 e. The van der Waals surface area contributed by atoms with Crippen molar-refractivity contribution in [1.29, 1.82) is 0 Å². The molecular weight excluding hydrogens is 246 g/mol. The quantitative estimate of drug-likeness (QED) is 0.602. The molecule has 0 aliphatic rings. The molecule has 0 aliphatic carbocycles. The van der Waals surface area contributed by atoms with Gasteiger partial charge in [-0.05, 0) is 25.1 Å². The van der Waals surface area contributed by atoms with Gasteiger partial charge < -0.3 is 20.7 Å². The lowest BCUT2D eigenvalue weighted by Crippen LogP contribution is -2.33. The van der Waals surface area contributed by atoms with Gasteiger partial charge in [-0.1, -0.05) is 0 Å². The average molecular weight is 265 g/mol. The van der Waals surface area contributed by atoms with Crippen LogP contribution in [0.15, 0.2) is 18.2 Å². The molecule has 0 heterocycles. The van der Waals surface area contributed by atoms with E-state index in [-0.39, 0.29) is 19.1 Å². The first-order chi connectivity index (χ1) is 8.99. The molecule has 1 rings (SSSR count). The van der Waals surface area contributed by atoms with Gasteiger partial charge in [-0.3, -0.25) is 4.79 Å². The van der Waals surface area contributed by atoms with Crippen molar-refractivity contribution >= 4 is 23.3 Å². The molecule has 0 saturated carbocycles. The third kappa shape index (κ3) is 3.87. The largest absolute Gasteiger partial charge is 0.462 e. The first-order valence-corrected chi connectivity index (χ1v) is 5.98. The third-order valence-corrected chi connectivity index (χ3v) is 2.59. The number of nitrogens with one attached hydrogen (secondary N) is 1. The van der Waals surface area contributed by atoms with Gasteiger partial charge in [0, 0.05) is 19.8 Å². The predicted molar refractivity (Wildman–Crippen MR) is 74.1 cm³/mol. The van der Waals surface area contributed by atoms with Crippen LogP contribution < -0.4 is 16.0 Å². The molecule has 104 valence electrons. The molecule has 1 aromatic rings. The zero-order chi connectivity index (χ0) is 14.4. The lowest BCUT2D eigenvalue weighted by atomic mass is 10.1. The molecule has 0 aromatic heterocycles. The fraction of sp³-hybridized carbons (Fsp3) is 0.385. The summed E-state index contributed by atoms with van der Waals surface area (Å²) in [5.41, 5.74) is 7.12. The number of esters is 1. The molecule has 1 amide bonds. The molecule has 0 fully saturated rings. The minimum Gasteiger partial charge on any atom is -0.462 e. The van der Waals surface area contributed by atoms with Crippen molar-refractivity contribution in [2.75, 3.05) is 37.9 Å². The lowest BCUT2D eigenvalue weighted by molar-refractivity contribution is -0.119. The minimum atomic E-state index is -0.450. The summed E-state index contributed by atoms with van der Waals surface area (Å²) in [6.45, 7) is 2.16. The van der Waals surface area contributed by atoms with Crippen LogP contribution in [0.1, 0.15) is 17.3 Å². The molecule has 0 aliphatic heterocycles. The second-order valence-electron chi connectivity index (χ2n) is 4.03. The van der Waals surface area contributed by atoms with Crippen molar-refractivity contribution in [1.82, 2.24) is 5.32 Å². The van der Waals surface area contributed by atoms with E-state index in [0.717, 1.165) is 0 Å². The standard InChI is InChI=1S/C13H19N3O3/c1-4-19-13(18)10-7-9(14)5-6-11(10)16(3)8-12(17)15-2/h5-7H,4,8,14H2,1-3H3,(H,15,17). The molecule has 0 saturated heterocycles. The first kappa shape index (κ1) is 14.8. The number of benzene rings is 1. The maximum Gasteiger partial charge on any atom is 0.340 e. The van der Waals surface area contributed by atoms with Crippen molar-refractivity contribution in [3.8, 4) is 0 Å². The molecule has 0 atom stereocenters. The Hall–Kier alpha value is -2.24. The van der Waals surface area contributed by atoms with Gasteiger partial charge in [-0.25, -0.2) is 4.79 Å². The number of ether oxygens (including phenoxy) is 1. The monoisotopic (exact) mass is 265 g/mol. The van der Waals surface area contributed by atoms with Crippen LogP contribution in [0.4, 0.5) is 11.4 Å². The Balaban J connectivity index is 3.05. The second-order valence-corrected chi connectivity index (χ2v) is 4.03. The number of nitrogens with zero attached hydrogens (tertiary/aromatic N) is 1. The van der Waals surface area contributed by atoms with Gasteiger partial charge in [-0.15, -0.1) is 0 Å². The average Bonchev–Trinajstić information content (AvgIpc) is 2.38. The number of rotatable bonds is 5. The van der Waals surface area contributed by atoms with Crippen LogP contribution in [-0.4, -0.2) is 39.1 Å². The molecule has 6 nitrogen and oxygen atoms in total. The normalized spacial score (nSPS) is 9.84. The predicted octanol–water partition coefficient (Wildman–Crippen LogP) is 0.628. The fourth-order valence-electron chi connectivity index (χ4n) is 1.64. The molecule has 0 unspecified atom stereocenters. The highest BCUT2D eigenvalue weighted by Gasteiger charge is 2.17. The maximum absolute atomic E-state index is 11.9. The zero-order valence-corrected chi connectivity index (χ0v) is 11.4. The Morgan fingerprint density at radius 1 is 1.42 bits per heavy atom. The zero-order valence-electron chi connectivity index (χ0n) is 11.4. The van der Waals surface area contributed by atoms with Crippen LogP contribution in [0.2, 0.25) is 0 Å². The highest BCUT2D eigenvalue weighted by atomic mass is 16.5. The van der Waals surface area contributed by atoms with Crippen LogP contribution in [0.3, 0.4) is 0 Å². The summed E-state index contributed by atoms with van der Waals surface area (Å²) >= 11 is 0. The van der Waals surface area contributed by atoms with Crippen LogP contribution in [-0.2, 0) is 9.53 Å². The summed E-state index contributed by atoms with van der Waals surface area (Å²) in [7, 11) is 3.29. The van der Waals surface area contributed by atoms with Gasteiger partial charge in [0.25, 0.3) is 0 Å². The third-order valence-electron chi connectivity index (χ3n) is 2.59. The molecule has 0 bridgehead atoms. The maximum atomic E-state index is 11.9.